The van der Waals surface area contributed by atoms with Gasteiger partial charge in [0, 0.05) is 44.8 Å². The SMILES string of the molecule is COc1ccc(CN2CCN(CC(O)CS(=O)(=O)O)CC2)c(OC)c1OC.[H-].[Na+]. The summed E-state index contributed by atoms with van der Waals surface area (Å²) in [5.74, 6) is 1.17. The van der Waals surface area contributed by atoms with Crippen LogP contribution in [0.3, 0.4) is 0 Å². The maximum atomic E-state index is 10.8. The van der Waals surface area contributed by atoms with E-state index < -0.39 is 22.0 Å². The number of aliphatic hydroxyl groups is 1. The van der Waals surface area contributed by atoms with Gasteiger partial charge >= 0.3 is 29.6 Å². The van der Waals surface area contributed by atoms with Gasteiger partial charge in [-0.15, -0.1) is 0 Å². The summed E-state index contributed by atoms with van der Waals surface area (Å²) in [5, 5.41) is 9.78. The van der Waals surface area contributed by atoms with E-state index in [0.29, 0.717) is 36.9 Å². The van der Waals surface area contributed by atoms with Gasteiger partial charge in [-0.05, 0) is 6.07 Å². The summed E-state index contributed by atoms with van der Waals surface area (Å²) in [5.41, 5.74) is 0.981. The van der Waals surface area contributed by atoms with Crippen LogP contribution in [0, 0.1) is 0 Å². The van der Waals surface area contributed by atoms with E-state index in [2.05, 4.69) is 4.90 Å². The zero-order valence-corrected chi connectivity index (χ0v) is 19.7. The molecular formula is C17H29N2NaO7S. The van der Waals surface area contributed by atoms with Crippen molar-refractivity contribution < 1.29 is 63.3 Å². The van der Waals surface area contributed by atoms with Crippen molar-refractivity contribution in [3.63, 3.8) is 0 Å². The molecule has 28 heavy (non-hydrogen) atoms. The number of rotatable bonds is 9. The van der Waals surface area contributed by atoms with Crippen molar-refractivity contribution in [3.05, 3.63) is 17.7 Å². The number of nitrogens with zero attached hydrogens (tertiary/aromatic N) is 2. The van der Waals surface area contributed by atoms with Crippen molar-refractivity contribution in [3.8, 4) is 17.2 Å². The van der Waals surface area contributed by atoms with E-state index in [9.17, 15) is 13.5 Å². The van der Waals surface area contributed by atoms with Gasteiger partial charge in [0.15, 0.2) is 11.5 Å². The third kappa shape index (κ3) is 7.34. The zero-order valence-electron chi connectivity index (χ0n) is 17.9. The first-order valence-corrected chi connectivity index (χ1v) is 10.2. The molecule has 156 valence electrons. The van der Waals surface area contributed by atoms with Crippen LogP contribution in [-0.2, 0) is 16.7 Å². The summed E-state index contributed by atoms with van der Waals surface area (Å²) in [6, 6.07) is 3.79. The van der Waals surface area contributed by atoms with Gasteiger partial charge in [-0.2, -0.15) is 8.42 Å². The molecule has 1 aromatic carbocycles. The average Bonchev–Trinajstić information content (AvgIpc) is 2.61. The molecule has 0 aliphatic carbocycles. The second kappa shape index (κ2) is 11.6. The maximum absolute atomic E-state index is 10.8. The van der Waals surface area contributed by atoms with Gasteiger partial charge in [0.05, 0.1) is 27.4 Å². The van der Waals surface area contributed by atoms with Gasteiger partial charge in [-0.1, -0.05) is 6.07 Å². The quantitative estimate of drug-likeness (QED) is 0.318. The second-order valence-corrected chi connectivity index (χ2v) is 7.97. The predicted molar refractivity (Wildman–Crippen MR) is 101 cm³/mol. The molecular weight excluding hydrogens is 399 g/mol. The molecule has 1 fully saturated rings. The van der Waals surface area contributed by atoms with Gasteiger partial charge in [0.25, 0.3) is 10.1 Å². The molecule has 0 aromatic heterocycles. The number of benzene rings is 1. The monoisotopic (exact) mass is 428 g/mol. The van der Waals surface area contributed by atoms with Crippen LogP contribution in [0.2, 0.25) is 0 Å². The van der Waals surface area contributed by atoms with Crippen LogP contribution in [0.25, 0.3) is 0 Å². The normalized spacial score (nSPS) is 16.9. The minimum absolute atomic E-state index is 0. The summed E-state index contributed by atoms with van der Waals surface area (Å²) in [6.07, 6.45) is -1.10. The fraction of sp³-hybridized carbons (Fsp3) is 0.647. The van der Waals surface area contributed by atoms with Crippen LogP contribution in [0.5, 0.6) is 17.2 Å². The van der Waals surface area contributed by atoms with Gasteiger partial charge in [0.2, 0.25) is 5.75 Å². The number of ether oxygens (including phenoxy) is 3. The molecule has 1 aliphatic rings. The Hall–Kier alpha value is -0.590. The molecule has 11 heteroatoms. The van der Waals surface area contributed by atoms with Crippen molar-refractivity contribution in [1.82, 2.24) is 9.80 Å². The number of aliphatic hydroxyl groups excluding tert-OH is 1. The van der Waals surface area contributed by atoms with Crippen molar-refractivity contribution in [2.45, 2.75) is 12.6 Å². The Balaban J connectivity index is 0.00000392. The number of hydrogen-bond donors (Lipinski definition) is 2. The molecule has 9 nitrogen and oxygen atoms in total. The summed E-state index contributed by atoms with van der Waals surface area (Å²) >= 11 is 0. The molecule has 0 radical (unpaired) electrons. The third-order valence-corrected chi connectivity index (χ3v) is 5.32. The molecule has 0 spiro atoms. The van der Waals surface area contributed by atoms with Crippen LogP contribution in [0.1, 0.15) is 6.99 Å². The molecule has 1 aliphatic heterocycles. The Kier molecular flexibility index (Phi) is 10.5. The van der Waals surface area contributed by atoms with Crippen molar-refractivity contribution >= 4 is 10.1 Å². The van der Waals surface area contributed by atoms with Crippen LogP contribution in [-0.4, -0.2) is 93.8 Å². The molecule has 0 bridgehead atoms. The molecule has 2 N–H and O–H groups in total. The van der Waals surface area contributed by atoms with E-state index in [1.165, 1.54) is 0 Å². The van der Waals surface area contributed by atoms with Crippen LogP contribution >= 0.6 is 0 Å². The number of piperazine rings is 1. The molecule has 1 saturated heterocycles. The summed E-state index contributed by atoms with van der Waals surface area (Å²) < 4.78 is 46.7. The second-order valence-electron chi connectivity index (χ2n) is 6.47. The molecule has 1 unspecified atom stereocenters. The maximum Gasteiger partial charge on any atom is 1.00 e. The van der Waals surface area contributed by atoms with E-state index in [-0.39, 0.29) is 37.5 Å². The molecule has 1 aromatic rings. The van der Waals surface area contributed by atoms with Gasteiger partial charge < -0.3 is 20.7 Å². The average molecular weight is 428 g/mol. The van der Waals surface area contributed by atoms with E-state index in [1.807, 2.05) is 17.0 Å². The van der Waals surface area contributed by atoms with E-state index in [0.717, 1.165) is 18.7 Å². The summed E-state index contributed by atoms with van der Waals surface area (Å²) in [4.78, 5) is 4.23. The van der Waals surface area contributed by atoms with Gasteiger partial charge in [-0.25, -0.2) is 0 Å². The number of β-amino-alcohol motifs (C(OH)–C–C–N with tert-alkyl or cyclic N) is 1. The number of hydrogen-bond acceptors (Lipinski definition) is 8. The fourth-order valence-electron chi connectivity index (χ4n) is 3.25. The van der Waals surface area contributed by atoms with Crippen LogP contribution < -0.4 is 43.8 Å². The smallest absolute Gasteiger partial charge is 1.00 e. The first-order valence-electron chi connectivity index (χ1n) is 8.63. The number of methoxy groups -OCH3 is 3. The first-order chi connectivity index (χ1) is 12.8. The van der Waals surface area contributed by atoms with E-state index in [1.54, 1.807) is 21.3 Å². The van der Waals surface area contributed by atoms with E-state index >= 15 is 0 Å². The largest absolute Gasteiger partial charge is 1.00 e. The Morgan fingerprint density at radius 3 is 2.11 bits per heavy atom. The van der Waals surface area contributed by atoms with Crippen LogP contribution in [0.4, 0.5) is 0 Å². The summed E-state index contributed by atoms with van der Waals surface area (Å²) in [6.45, 7) is 3.79. The third-order valence-electron chi connectivity index (χ3n) is 4.52. The van der Waals surface area contributed by atoms with Crippen LogP contribution in [0.15, 0.2) is 12.1 Å². The minimum atomic E-state index is -4.17. The van der Waals surface area contributed by atoms with E-state index in [4.69, 9.17) is 18.8 Å². The molecule has 2 rings (SSSR count). The zero-order chi connectivity index (χ0) is 20.0. The Labute approximate surface area is 190 Å². The van der Waals surface area contributed by atoms with Crippen molar-refractivity contribution in [1.29, 1.82) is 0 Å². The topological polar surface area (TPSA) is 109 Å². The standard InChI is InChI=1S/C17H28N2O7S.Na.H/c1-24-15-5-4-13(16(25-2)17(15)26-3)10-18-6-8-19(9-7-18)11-14(20)12-27(21,22)23;;/h4-5,14,20H,6-12H2,1-3H3,(H,21,22,23);;/q;+1;-1. The summed E-state index contributed by atoms with van der Waals surface area (Å²) in [7, 11) is 0.570. The van der Waals surface area contributed by atoms with Gasteiger partial charge in [-0.3, -0.25) is 14.4 Å². The molecule has 0 amide bonds. The molecule has 1 heterocycles. The predicted octanol–water partition coefficient (Wildman–Crippen LogP) is -2.80. The molecule has 1 atom stereocenters. The fourth-order valence-corrected chi connectivity index (χ4v) is 3.84. The Bertz CT molecular complexity index is 731. The Morgan fingerprint density at radius 1 is 1.04 bits per heavy atom. The van der Waals surface area contributed by atoms with Gasteiger partial charge in [0.1, 0.15) is 5.75 Å². The molecule has 0 saturated carbocycles. The van der Waals surface area contributed by atoms with Crippen molar-refractivity contribution in [2.24, 2.45) is 0 Å². The Morgan fingerprint density at radius 2 is 1.61 bits per heavy atom. The first kappa shape index (κ1) is 25.4. The van der Waals surface area contributed by atoms with Crippen molar-refractivity contribution in [2.75, 3.05) is 59.8 Å². The minimum Gasteiger partial charge on any atom is -1.00 e.